The number of carbonyl (C=O) groups excluding carboxylic acids is 1. The van der Waals surface area contributed by atoms with E-state index in [1.54, 1.807) is 12.3 Å². The second-order valence-corrected chi connectivity index (χ2v) is 3.53. The lowest BCUT2D eigenvalue weighted by Gasteiger charge is -2.20. The van der Waals surface area contributed by atoms with Crippen molar-refractivity contribution < 1.29 is 4.79 Å². The van der Waals surface area contributed by atoms with Crippen LogP contribution in [0.2, 0.25) is 0 Å². The summed E-state index contributed by atoms with van der Waals surface area (Å²) in [5, 5.41) is 2.82. The summed E-state index contributed by atoms with van der Waals surface area (Å²) < 4.78 is 0. The van der Waals surface area contributed by atoms with Crippen molar-refractivity contribution in [2.24, 2.45) is 0 Å². The molecule has 1 amide bonds. The molecule has 0 bridgehead atoms. The van der Waals surface area contributed by atoms with Gasteiger partial charge in [-0.05, 0) is 6.07 Å². The average molecular weight is 206 g/mol. The molecule has 0 radical (unpaired) electrons. The summed E-state index contributed by atoms with van der Waals surface area (Å²) in [7, 11) is 0. The molecule has 80 valence electrons. The van der Waals surface area contributed by atoms with Crippen LogP contribution in [0.4, 0.5) is 11.5 Å². The van der Waals surface area contributed by atoms with E-state index < -0.39 is 0 Å². The number of anilines is 2. The minimum Gasteiger partial charge on any atom is -0.399 e. The molecule has 0 spiro atoms. The molecule has 5 heteroatoms. The predicted molar refractivity (Wildman–Crippen MR) is 58.5 cm³/mol. The maximum absolute atomic E-state index is 11.1. The summed E-state index contributed by atoms with van der Waals surface area (Å²) in [6.07, 6.45) is 2.20. The smallest absolute Gasteiger partial charge is 0.221 e. The Hall–Kier alpha value is -1.78. The Kier molecular flexibility index (Phi) is 2.71. The Bertz CT molecular complexity index is 366. The summed E-state index contributed by atoms with van der Waals surface area (Å²) in [5.74, 6) is 0.938. The van der Waals surface area contributed by atoms with Crippen molar-refractivity contribution in [3.63, 3.8) is 0 Å². The zero-order valence-corrected chi connectivity index (χ0v) is 8.44. The summed E-state index contributed by atoms with van der Waals surface area (Å²) >= 11 is 0. The molecule has 1 aliphatic rings. The molecule has 2 heterocycles. The maximum atomic E-state index is 11.1. The molecule has 1 fully saturated rings. The van der Waals surface area contributed by atoms with E-state index in [0.29, 0.717) is 25.2 Å². The molecule has 1 saturated heterocycles. The lowest BCUT2D eigenvalue weighted by Crippen LogP contribution is -2.28. The normalized spacial score (nSPS) is 17.1. The van der Waals surface area contributed by atoms with E-state index in [-0.39, 0.29) is 5.91 Å². The van der Waals surface area contributed by atoms with Gasteiger partial charge in [-0.1, -0.05) is 0 Å². The van der Waals surface area contributed by atoms with Crippen molar-refractivity contribution in [1.82, 2.24) is 10.3 Å². The monoisotopic (exact) mass is 206 g/mol. The number of rotatable bonds is 1. The Balaban J connectivity index is 2.13. The lowest BCUT2D eigenvalue weighted by molar-refractivity contribution is -0.120. The van der Waals surface area contributed by atoms with Gasteiger partial charge in [0.15, 0.2) is 0 Å². The molecule has 0 atom stereocenters. The van der Waals surface area contributed by atoms with Gasteiger partial charge in [-0.25, -0.2) is 4.98 Å². The van der Waals surface area contributed by atoms with E-state index >= 15 is 0 Å². The van der Waals surface area contributed by atoms with Crippen LogP contribution in [0.25, 0.3) is 0 Å². The summed E-state index contributed by atoms with van der Waals surface area (Å²) in [4.78, 5) is 17.4. The number of hydrogen-bond donors (Lipinski definition) is 2. The molecule has 0 unspecified atom stereocenters. The molecule has 1 aromatic heterocycles. The van der Waals surface area contributed by atoms with Crippen LogP contribution < -0.4 is 16.0 Å². The van der Waals surface area contributed by atoms with E-state index in [4.69, 9.17) is 5.73 Å². The van der Waals surface area contributed by atoms with Gasteiger partial charge < -0.3 is 16.0 Å². The molecule has 3 N–H and O–H groups in total. The van der Waals surface area contributed by atoms with Crippen LogP contribution >= 0.6 is 0 Å². The number of aromatic nitrogens is 1. The third-order valence-corrected chi connectivity index (χ3v) is 2.41. The van der Waals surface area contributed by atoms with Gasteiger partial charge >= 0.3 is 0 Å². The zero-order chi connectivity index (χ0) is 10.7. The largest absolute Gasteiger partial charge is 0.399 e. The molecule has 0 aliphatic carbocycles. The van der Waals surface area contributed by atoms with Crippen LogP contribution in [0.15, 0.2) is 18.3 Å². The molecular weight excluding hydrogens is 192 g/mol. The predicted octanol–water partition coefficient (Wildman–Crippen LogP) is -0.00990. The fourth-order valence-electron chi connectivity index (χ4n) is 1.60. The quantitative estimate of drug-likeness (QED) is 0.678. The van der Waals surface area contributed by atoms with Crippen LogP contribution in [0, 0.1) is 0 Å². The van der Waals surface area contributed by atoms with E-state index in [9.17, 15) is 4.79 Å². The van der Waals surface area contributed by atoms with Crippen LogP contribution in [-0.4, -0.2) is 30.5 Å². The zero-order valence-electron chi connectivity index (χ0n) is 8.44. The number of hydrogen-bond acceptors (Lipinski definition) is 4. The fraction of sp³-hybridized carbons (Fsp3) is 0.400. The van der Waals surface area contributed by atoms with Crippen molar-refractivity contribution >= 4 is 17.4 Å². The first-order valence-corrected chi connectivity index (χ1v) is 4.99. The minimum atomic E-state index is 0.0985. The minimum absolute atomic E-state index is 0.0985. The van der Waals surface area contributed by atoms with Gasteiger partial charge in [0.25, 0.3) is 0 Å². The van der Waals surface area contributed by atoms with E-state index in [1.165, 1.54) is 0 Å². The lowest BCUT2D eigenvalue weighted by atomic mass is 10.3. The Morgan fingerprint density at radius 1 is 1.47 bits per heavy atom. The van der Waals surface area contributed by atoms with Gasteiger partial charge in [0.05, 0.1) is 0 Å². The average Bonchev–Trinajstić information content (AvgIpc) is 2.43. The highest BCUT2D eigenvalue weighted by atomic mass is 16.1. The molecule has 1 aromatic rings. The molecule has 2 rings (SSSR count). The van der Waals surface area contributed by atoms with Gasteiger partial charge in [-0.2, -0.15) is 0 Å². The van der Waals surface area contributed by atoms with Crippen molar-refractivity contribution in [3.8, 4) is 0 Å². The molecule has 0 aromatic carbocycles. The summed E-state index contributed by atoms with van der Waals surface area (Å²) in [5.41, 5.74) is 6.38. The molecule has 1 aliphatic heterocycles. The highest BCUT2D eigenvalue weighted by Crippen LogP contribution is 2.14. The molecule has 5 nitrogen and oxygen atoms in total. The number of nitrogens with one attached hydrogen (secondary N) is 1. The first-order chi connectivity index (χ1) is 7.25. The van der Waals surface area contributed by atoms with E-state index in [0.717, 1.165) is 12.4 Å². The number of amides is 1. The summed E-state index contributed by atoms with van der Waals surface area (Å²) in [6.45, 7) is 2.14. The van der Waals surface area contributed by atoms with Gasteiger partial charge in [-0.15, -0.1) is 0 Å². The number of nitrogen functional groups attached to an aromatic ring is 1. The molecular formula is C10H14N4O. The van der Waals surface area contributed by atoms with Crippen molar-refractivity contribution in [2.45, 2.75) is 6.42 Å². The second kappa shape index (κ2) is 4.16. The highest BCUT2D eigenvalue weighted by molar-refractivity contribution is 5.77. The third-order valence-electron chi connectivity index (χ3n) is 2.41. The van der Waals surface area contributed by atoms with E-state index in [1.807, 2.05) is 6.07 Å². The van der Waals surface area contributed by atoms with Crippen LogP contribution in [0.1, 0.15) is 6.42 Å². The first kappa shape index (κ1) is 9.76. The van der Waals surface area contributed by atoms with Gasteiger partial charge in [0, 0.05) is 44.0 Å². The molecule has 0 saturated carbocycles. The van der Waals surface area contributed by atoms with Crippen LogP contribution in [-0.2, 0) is 4.79 Å². The van der Waals surface area contributed by atoms with Crippen molar-refractivity contribution in [1.29, 1.82) is 0 Å². The fourth-order valence-corrected chi connectivity index (χ4v) is 1.60. The first-order valence-electron chi connectivity index (χ1n) is 4.99. The topological polar surface area (TPSA) is 71.2 Å². The Morgan fingerprint density at radius 2 is 2.33 bits per heavy atom. The third kappa shape index (κ3) is 2.37. The SMILES string of the molecule is Nc1ccnc(N2CCNC(=O)CC2)c1. The Morgan fingerprint density at radius 3 is 3.13 bits per heavy atom. The van der Waals surface area contributed by atoms with Gasteiger partial charge in [0.1, 0.15) is 5.82 Å². The maximum Gasteiger partial charge on any atom is 0.221 e. The number of nitrogens with zero attached hydrogens (tertiary/aromatic N) is 2. The van der Waals surface area contributed by atoms with Crippen LogP contribution in [0.5, 0.6) is 0 Å². The van der Waals surface area contributed by atoms with Crippen molar-refractivity contribution in [3.05, 3.63) is 18.3 Å². The van der Waals surface area contributed by atoms with Gasteiger partial charge in [-0.3, -0.25) is 4.79 Å². The molecule has 15 heavy (non-hydrogen) atoms. The Labute approximate surface area is 88.3 Å². The highest BCUT2D eigenvalue weighted by Gasteiger charge is 2.14. The van der Waals surface area contributed by atoms with E-state index in [2.05, 4.69) is 15.2 Å². The van der Waals surface area contributed by atoms with Crippen LogP contribution in [0.3, 0.4) is 0 Å². The van der Waals surface area contributed by atoms with Crippen molar-refractivity contribution in [2.75, 3.05) is 30.3 Å². The summed E-state index contributed by atoms with van der Waals surface area (Å²) in [6, 6.07) is 3.58. The number of carbonyl (C=O) groups is 1. The number of pyridine rings is 1. The van der Waals surface area contributed by atoms with Gasteiger partial charge in [0.2, 0.25) is 5.91 Å². The number of nitrogens with two attached hydrogens (primary N) is 1. The standard InChI is InChI=1S/C10H14N4O/c11-8-1-3-12-9(7-8)14-5-2-10(15)13-4-6-14/h1,3,7H,2,4-6H2,(H2,11,12)(H,13,15). The second-order valence-electron chi connectivity index (χ2n) is 3.53.